The average Bonchev–Trinajstić information content (AvgIpc) is 2.89. The number of nitrogens with zero attached hydrogens (tertiary/aromatic N) is 2. The Hall–Kier alpha value is -3.74. The molecular formula is C28H30FN3O3. The van der Waals surface area contributed by atoms with Gasteiger partial charge in [-0.25, -0.2) is 4.39 Å². The van der Waals surface area contributed by atoms with Crippen molar-refractivity contribution < 1.29 is 18.7 Å². The van der Waals surface area contributed by atoms with Crippen LogP contribution in [0.4, 0.5) is 10.1 Å². The molecule has 0 saturated heterocycles. The fourth-order valence-electron chi connectivity index (χ4n) is 4.46. The number of pyridine rings is 1. The number of carbonyl (C=O) groups is 2. The molecule has 1 saturated carbocycles. The summed E-state index contributed by atoms with van der Waals surface area (Å²) >= 11 is 0. The number of benzene rings is 2. The molecule has 1 aliphatic carbocycles. The third-order valence-electron chi connectivity index (χ3n) is 6.17. The van der Waals surface area contributed by atoms with Crippen LogP contribution in [0.2, 0.25) is 0 Å². The van der Waals surface area contributed by atoms with Crippen LogP contribution < -0.4 is 15.0 Å². The van der Waals surface area contributed by atoms with E-state index in [0.717, 1.165) is 32.1 Å². The lowest BCUT2D eigenvalue weighted by Crippen LogP contribution is -2.47. The zero-order chi connectivity index (χ0) is 24.6. The molecule has 1 atom stereocenters. The Bertz CT molecular complexity index is 1110. The Morgan fingerprint density at radius 2 is 1.74 bits per heavy atom. The summed E-state index contributed by atoms with van der Waals surface area (Å²) in [7, 11) is 0. The summed E-state index contributed by atoms with van der Waals surface area (Å²) in [5, 5.41) is 3.15. The molecule has 0 radical (unpaired) electrons. The molecule has 0 spiro atoms. The highest BCUT2D eigenvalue weighted by Gasteiger charge is 2.35. The molecule has 1 fully saturated rings. The number of aromatic nitrogens is 1. The van der Waals surface area contributed by atoms with Crippen LogP contribution in [0.15, 0.2) is 72.9 Å². The molecule has 2 aromatic carbocycles. The maximum Gasteiger partial charge on any atom is 0.277 e. The van der Waals surface area contributed by atoms with Gasteiger partial charge < -0.3 is 10.1 Å². The van der Waals surface area contributed by atoms with E-state index < -0.39 is 17.8 Å². The summed E-state index contributed by atoms with van der Waals surface area (Å²) in [6.45, 7) is 2.41. The standard InChI is InChI=1S/C28H30FN3O3/c1-2-35-24-17-15-23(16-18-24)32(28(34)25-10-6-7-19-30-25)26(20-11-13-21(29)14-12-20)27(33)31-22-8-4-3-5-9-22/h6-7,10-19,22,26H,2-5,8-9H2,1H3,(H,31,33)/t26-/m1/s1. The number of amides is 2. The molecule has 1 heterocycles. The molecule has 0 aliphatic heterocycles. The number of hydrogen-bond acceptors (Lipinski definition) is 4. The lowest BCUT2D eigenvalue weighted by Gasteiger charge is -2.33. The second kappa shape index (κ2) is 11.6. The highest BCUT2D eigenvalue weighted by molar-refractivity contribution is 6.09. The predicted octanol–water partition coefficient (Wildman–Crippen LogP) is 5.46. The van der Waals surface area contributed by atoms with Gasteiger partial charge in [-0.15, -0.1) is 0 Å². The normalized spacial score (nSPS) is 14.7. The van der Waals surface area contributed by atoms with Gasteiger partial charge in [-0.05, 0) is 73.9 Å². The van der Waals surface area contributed by atoms with Gasteiger partial charge in [0.1, 0.15) is 23.3 Å². The number of nitrogens with one attached hydrogen (secondary N) is 1. The Morgan fingerprint density at radius 1 is 1.03 bits per heavy atom. The number of ether oxygens (including phenoxy) is 1. The SMILES string of the molecule is CCOc1ccc(N(C(=O)c2ccccn2)[C@@H](C(=O)NC2CCCCC2)c2ccc(F)cc2)cc1. The summed E-state index contributed by atoms with van der Waals surface area (Å²) < 4.78 is 19.3. The van der Waals surface area contributed by atoms with Crippen molar-refractivity contribution >= 4 is 17.5 Å². The monoisotopic (exact) mass is 475 g/mol. The molecule has 1 N–H and O–H groups in total. The fraction of sp³-hybridized carbons (Fsp3) is 0.321. The van der Waals surface area contributed by atoms with Crippen molar-refractivity contribution in [2.24, 2.45) is 0 Å². The van der Waals surface area contributed by atoms with E-state index in [4.69, 9.17) is 4.74 Å². The van der Waals surface area contributed by atoms with Crippen LogP contribution in [0.3, 0.4) is 0 Å². The minimum absolute atomic E-state index is 0.0475. The van der Waals surface area contributed by atoms with Crippen molar-refractivity contribution in [2.75, 3.05) is 11.5 Å². The molecule has 7 heteroatoms. The van der Waals surface area contributed by atoms with E-state index in [2.05, 4.69) is 10.3 Å². The first-order valence-electron chi connectivity index (χ1n) is 12.1. The molecule has 6 nitrogen and oxygen atoms in total. The molecular weight excluding hydrogens is 445 g/mol. The average molecular weight is 476 g/mol. The Balaban J connectivity index is 1.78. The van der Waals surface area contributed by atoms with E-state index in [0.29, 0.717) is 23.6 Å². The molecule has 35 heavy (non-hydrogen) atoms. The summed E-state index contributed by atoms with van der Waals surface area (Å²) in [5.41, 5.74) is 1.23. The smallest absolute Gasteiger partial charge is 0.277 e. The van der Waals surface area contributed by atoms with Crippen molar-refractivity contribution in [3.63, 3.8) is 0 Å². The first-order valence-corrected chi connectivity index (χ1v) is 12.1. The van der Waals surface area contributed by atoms with E-state index >= 15 is 0 Å². The first kappa shape index (κ1) is 24.4. The number of rotatable bonds is 8. The van der Waals surface area contributed by atoms with Gasteiger partial charge >= 0.3 is 0 Å². The Labute approximate surface area is 205 Å². The maximum atomic E-state index is 13.8. The molecule has 4 rings (SSSR count). The minimum Gasteiger partial charge on any atom is -0.494 e. The van der Waals surface area contributed by atoms with Gasteiger partial charge in [0, 0.05) is 17.9 Å². The zero-order valence-corrected chi connectivity index (χ0v) is 19.8. The highest BCUT2D eigenvalue weighted by atomic mass is 19.1. The zero-order valence-electron chi connectivity index (χ0n) is 19.8. The van der Waals surface area contributed by atoms with Gasteiger partial charge in [0.15, 0.2) is 0 Å². The predicted molar refractivity (Wildman–Crippen MR) is 133 cm³/mol. The molecule has 0 unspecified atom stereocenters. The number of hydrogen-bond donors (Lipinski definition) is 1. The van der Waals surface area contributed by atoms with Gasteiger partial charge in [-0.2, -0.15) is 0 Å². The van der Waals surface area contributed by atoms with Crippen LogP contribution in [0, 0.1) is 5.82 Å². The van der Waals surface area contributed by atoms with Crippen LogP contribution in [0.5, 0.6) is 5.75 Å². The molecule has 3 aromatic rings. The van der Waals surface area contributed by atoms with Crippen LogP contribution >= 0.6 is 0 Å². The van der Waals surface area contributed by atoms with Crippen molar-refractivity contribution in [1.29, 1.82) is 0 Å². The second-order valence-corrected chi connectivity index (χ2v) is 8.61. The summed E-state index contributed by atoms with van der Waals surface area (Å²) in [6, 6.07) is 16.8. The van der Waals surface area contributed by atoms with Gasteiger partial charge in [-0.3, -0.25) is 19.5 Å². The Kier molecular flexibility index (Phi) is 8.08. The summed E-state index contributed by atoms with van der Waals surface area (Å²) in [6.07, 6.45) is 6.62. The highest BCUT2D eigenvalue weighted by Crippen LogP contribution is 2.32. The molecule has 2 amide bonds. The molecule has 0 bridgehead atoms. The minimum atomic E-state index is -1.01. The number of halogens is 1. The van der Waals surface area contributed by atoms with Crippen molar-refractivity contribution in [3.8, 4) is 5.75 Å². The van der Waals surface area contributed by atoms with Crippen LogP contribution in [-0.4, -0.2) is 29.4 Å². The van der Waals surface area contributed by atoms with E-state index in [-0.39, 0.29) is 17.6 Å². The first-order chi connectivity index (χ1) is 17.1. The van der Waals surface area contributed by atoms with E-state index in [1.807, 2.05) is 6.92 Å². The topological polar surface area (TPSA) is 71.5 Å². The summed E-state index contributed by atoms with van der Waals surface area (Å²) in [5.74, 6) is -0.486. The largest absolute Gasteiger partial charge is 0.494 e. The Morgan fingerprint density at radius 3 is 2.37 bits per heavy atom. The molecule has 182 valence electrons. The quantitative estimate of drug-likeness (QED) is 0.470. The summed E-state index contributed by atoms with van der Waals surface area (Å²) in [4.78, 5) is 33.2. The van der Waals surface area contributed by atoms with Crippen LogP contribution in [0.1, 0.15) is 61.1 Å². The fourth-order valence-corrected chi connectivity index (χ4v) is 4.46. The molecule has 1 aromatic heterocycles. The van der Waals surface area contributed by atoms with Crippen molar-refractivity contribution in [3.05, 3.63) is 90.0 Å². The number of carbonyl (C=O) groups excluding carboxylic acids is 2. The lowest BCUT2D eigenvalue weighted by atomic mass is 9.94. The third-order valence-corrected chi connectivity index (χ3v) is 6.17. The van der Waals surface area contributed by atoms with E-state index in [1.165, 1.54) is 17.0 Å². The maximum absolute atomic E-state index is 13.8. The van der Waals surface area contributed by atoms with Gasteiger partial charge in [-0.1, -0.05) is 37.5 Å². The third kappa shape index (κ3) is 6.04. The van der Waals surface area contributed by atoms with Crippen LogP contribution in [0.25, 0.3) is 0 Å². The van der Waals surface area contributed by atoms with Gasteiger partial charge in [0.05, 0.1) is 6.61 Å². The van der Waals surface area contributed by atoms with E-state index in [1.54, 1.807) is 60.8 Å². The molecule has 1 aliphatic rings. The van der Waals surface area contributed by atoms with E-state index in [9.17, 15) is 14.0 Å². The van der Waals surface area contributed by atoms with Gasteiger partial charge in [0.25, 0.3) is 5.91 Å². The van der Waals surface area contributed by atoms with Crippen LogP contribution in [-0.2, 0) is 4.79 Å². The van der Waals surface area contributed by atoms with Gasteiger partial charge in [0.2, 0.25) is 5.91 Å². The second-order valence-electron chi connectivity index (χ2n) is 8.61. The van der Waals surface area contributed by atoms with Crippen molar-refractivity contribution in [2.45, 2.75) is 51.1 Å². The number of anilines is 1. The van der Waals surface area contributed by atoms with Crippen molar-refractivity contribution in [1.82, 2.24) is 10.3 Å². The lowest BCUT2D eigenvalue weighted by molar-refractivity contribution is -0.123.